The first-order valence-corrected chi connectivity index (χ1v) is 12.8. The van der Waals surface area contributed by atoms with Crippen LogP contribution < -0.4 is 276 Å². The van der Waals surface area contributed by atoms with Gasteiger partial charge in [0.25, 0.3) is 0 Å². The third-order valence-corrected chi connectivity index (χ3v) is 5.21. The van der Waals surface area contributed by atoms with E-state index in [0.717, 1.165) is 0 Å². The van der Waals surface area contributed by atoms with Gasteiger partial charge in [-0.1, -0.05) is 30.4 Å². The minimum absolute atomic E-state index is 0. The Morgan fingerprint density at radius 3 is 0.594 bits per heavy atom. The van der Waals surface area contributed by atoms with Crippen molar-refractivity contribution < 1.29 is 294 Å². The van der Waals surface area contributed by atoms with E-state index in [1.165, 1.54) is 0 Å². The van der Waals surface area contributed by atoms with Crippen LogP contribution in [0.2, 0.25) is 0 Å². The predicted molar refractivity (Wildman–Crippen MR) is 63.3 cm³/mol. The van der Waals surface area contributed by atoms with Crippen molar-refractivity contribution in [2.24, 2.45) is 0 Å². The maximum absolute atomic E-state index is 10.7. The number of hydrogen-bond acceptors (Lipinski definition) is 14. The van der Waals surface area contributed by atoms with Crippen LogP contribution in [0.25, 0.3) is 0 Å². The molecule has 0 atom stereocenters. The molecule has 0 saturated carbocycles. The van der Waals surface area contributed by atoms with Gasteiger partial charge in [-0.05, 0) is 0 Å². The Morgan fingerprint density at radius 1 is 0.375 bits per heavy atom. The summed E-state index contributed by atoms with van der Waals surface area (Å²) in [7, 11) is -21.2. The van der Waals surface area contributed by atoms with Gasteiger partial charge >= 0.3 is 236 Å². The predicted octanol–water partition coefficient (Wildman–Crippen LogP) is -30.9. The van der Waals surface area contributed by atoms with Crippen LogP contribution in [-0.4, -0.2) is 48.0 Å². The monoisotopic (exact) mass is 612 g/mol. The Bertz CT molecular complexity index is 512. The van der Waals surface area contributed by atoms with Gasteiger partial charge in [0.15, 0.2) is 0 Å². The van der Waals surface area contributed by atoms with E-state index in [1.54, 1.807) is 0 Å². The summed E-state index contributed by atoms with van der Waals surface area (Å²) in [5.41, 5.74) is 0. The van der Waals surface area contributed by atoms with Crippen molar-refractivity contribution in [2.75, 3.05) is 38.2 Å². The Morgan fingerprint density at radius 2 is 0.500 bits per heavy atom. The van der Waals surface area contributed by atoms with E-state index in [9.17, 15) is 57.4 Å². The van der Waals surface area contributed by atoms with Crippen LogP contribution in [0.1, 0.15) is 0 Å². The molecule has 0 aliphatic heterocycles. The van der Waals surface area contributed by atoms with Gasteiger partial charge < -0.3 is 57.4 Å². The summed E-state index contributed by atoms with van der Waals surface area (Å²) >= 11 is 0. The van der Waals surface area contributed by atoms with E-state index in [0.29, 0.717) is 9.80 Å². The fourth-order valence-corrected chi connectivity index (χ4v) is 4.88. The second kappa shape index (κ2) is 29.6. The Balaban J connectivity index is -0.0000000945. The van der Waals surface area contributed by atoms with E-state index in [1.807, 2.05) is 0 Å². The zero-order valence-electron chi connectivity index (χ0n) is 19.8. The van der Waals surface area contributed by atoms with Crippen molar-refractivity contribution in [3.05, 3.63) is 0 Å². The molecule has 0 radical (unpaired) electrons. The minimum Gasteiger partial charge on any atom is -0.810 e. The van der Waals surface area contributed by atoms with Crippen LogP contribution in [0.4, 0.5) is 0 Å². The molecular formula is C6H12N2Na8O12P4. The number of rotatable bonds is 11. The maximum atomic E-state index is 10.7. The molecule has 0 spiro atoms. The van der Waals surface area contributed by atoms with Crippen LogP contribution in [0.3, 0.4) is 0 Å². The average molecular weight is 612 g/mol. The molecule has 14 nitrogen and oxygen atoms in total. The first kappa shape index (κ1) is 63.7. The van der Waals surface area contributed by atoms with Crippen LogP contribution >= 0.6 is 30.4 Å². The fraction of sp³-hybridized carbons (Fsp3) is 1.00. The summed E-state index contributed by atoms with van der Waals surface area (Å²) in [6, 6.07) is 0. The molecule has 0 aromatic heterocycles. The van der Waals surface area contributed by atoms with E-state index in [4.69, 9.17) is 0 Å². The second-order valence-electron chi connectivity index (χ2n) is 4.80. The molecule has 0 N–H and O–H groups in total. The summed E-state index contributed by atoms with van der Waals surface area (Å²) in [6.07, 6.45) is -5.63. The Labute approximate surface area is 364 Å². The van der Waals surface area contributed by atoms with Crippen LogP contribution in [0, 0.1) is 0 Å². The smallest absolute Gasteiger partial charge is 0.810 e. The topological polar surface area (TPSA) is 259 Å². The minimum atomic E-state index is -5.30. The quantitative estimate of drug-likeness (QED) is 0.155. The number of hydrogen-bond donors (Lipinski definition) is 0. The molecule has 26 heteroatoms. The first-order valence-electron chi connectivity index (χ1n) is 5.85. The molecular weight excluding hydrogens is 600 g/mol. The maximum Gasteiger partial charge on any atom is 1.00 e. The van der Waals surface area contributed by atoms with Gasteiger partial charge in [-0.15, -0.1) is 0 Å². The van der Waals surface area contributed by atoms with Crippen molar-refractivity contribution in [1.29, 1.82) is 0 Å². The fourth-order valence-electron chi connectivity index (χ4n) is 1.63. The molecule has 0 heterocycles. The molecule has 0 unspecified atom stereocenters. The summed E-state index contributed by atoms with van der Waals surface area (Å²) in [4.78, 5) is 85.9. The molecule has 0 aliphatic rings. The summed E-state index contributed by atoms with van der Waals surface area (Å²) in [6.45, 7) is -1.55. The Hall–Kier alpha value is 8.52. The Kier molecular flexibility index (Phi) is 58.9. The normalized spacial score (nSPS) is 10.9. The zero-order valence-corrected chi connectivity index (χ0v) is 39.4. The van der Waals surface area contributed by atoms with Gasteiger partial charge in [0, 0.05) is 38.2 Å². The third-order valence-electron chi connectivity index (χ3n) is 2.23. The average Bonchev–Trinajstić information content (AvgIpc) is 2.16. The molecule has 0 amide bonds. The molecule has 0 rings (SSSR count). The molecule has 0 fully saturated rings. The van der Waals surface area contributed by atoms with Gasteiger partial charge in [-0.3, -0.25) is 9.80 Å². The van der Waals surface area contributed by atoms with Crippen LogP contribution in [-0.2, 0) is 18.3 Å². The van der Waals surface area contributed by atoms with Gasteiger partial charge in [0.05, 0.1) is 0 Å². The molecule has 0 aromatic carbocycles. The molecule has 0 bridgehead atoms. The molecule has 146 valence electrons. The molecule has 32 heavy (non-hydrogen) atoms. The van der Waals surface area contributed by atoms with E-state index in [2.05, 4.69) is 0 Å². The van der Waals surface area contributed by atoms with Crippen molar-refractivity contribution in [1.82, 2.24) is 9.80 Å². The molecule has 0 aliphatic carbocycles. The van der Waals surface area contributed by atoms with Gasteiger partial charge in [-0.25, -0.2) is 0 Å². The summed E-state index contributed by atoms with van der Waals surface area (Å²) in [5.74, 6) is 0. The number of nitrogens with zero attached hydrogens (tertiary/aromatic N) is 2. The zero-order chi connectivity index (χ0) is 19.4. The SMILES string of the molecule is O=P([O-])([O-])CN(CCN(CP(=O)([O-])[O-])CP(=O)([O-])[O-])CP(=O)([O-])[O-].[Na+].[Na+].[Na+].[Na+].[Na+].[Na+].[Na+].[Na+]. The van der Waals surface area contributed by atoms with Gasteiger partial charge in [0.1, 0.15) is 0 Å². The van der Waals surface area contributed by atoms with Crippen molar-refractivity contribution in [3.63, 3.8) is 0 Å². The standard InChI is InChI=1S/C6H20N2O12P4.8Na/c9-21(10,11)3-7(4-22(12,13)14)1-2-8(5-23(15,16)17)6-24(18,19)20;;;;;;;;/h1-6H2,(H2,9,10,11)(H2,12,13,14)(H2,15,16,17)(H2,18,19,20);;;;;;;;/q;8*+1/p-8. The molecule has 0 aromatic rings. The van der Waals surface area contributed by atoms with E-state index >= 15 is 0 Å². The summed E-state index contributed by atoms with van der Waals surface area (Å²) < 4.78 is 42.7. The van der Waals surface area contributed by atoms with Crippen LogP contribution in [0.5, 0.6) is 0 Å². The largest absolute Gasteiger partial charge is 1.00 e. The van der Waals surface area contributed by atoms with Crippen molar-refractivity contribution >= 4 is 30.4 Å². The van der Waals surface area contributed by atoms with Crippen molar-refractivity contribution in [3.8, 4) is 0 Å². The summed E-state index contributed by atoms with van der Waals surface area (Å²) in [5, 5.41) is 0. The van der Waals surface area contributed by atoms with Crippen LogP contribution in [0.15, 0.2) is 0 Å². The second-order valence-corrected chi connectivity index (χ2v) is 10.8. The van der Waals surface area contributed by atoms with E-state index < -0.39 is 68.6 Å². The third kappa shape index (κ3) is 48.3. The molecule has 0 saturated heterocycles. The van der Waals surface area contributed by atoms with E-state index in [-0.39, 0.29) is 236 Å². The van der Waals surface area contributed by atoms with Crippen molar-refractivity contribution in [2.45, 2.75) is 0 Å². The van der Waals surface area contributed by atoms with Gasteiger partial charge in [-0.2, -0.15) is 0 Å². The first-order chi connectivity index (χ1) is 10.4. The van der Waals surface area contributed by atoms with Gasteiger partial charge in [0.2, 0.25) is 0 Å².